The Morgan fingerprint density at radius 3 is 2.96 bits per heavy atom. The number of para-hydroxylation sites is 1. The summed E-state index contributed by atoms with van der Waals surface area (Å²) in [4.78, 5) is 20.8. The number of thiazole rings is 1. The molecule has 0 atom stereocenters. The van der Waals surface area contributed by atoms with Crippen LogP contribution in [0.5, 0.6) is 0 Å². The van der Waals surface area contributed by atoms with Gasteiger partial charge in [-0.2, -0.15) is 0 Å². The Hall–Kier alpha value is -2.09. The van der Waals surface area contributed by atoms with Gasteiger partial charge in [-0.05, 0) is 30.3 Å². The third kappa shape index (κ3) is 3.24. The molecule has 120 valence electrons. The predicted molar refractivity (Wildman–Crippen MR) is 98.0 cm³/mol. The van der Waals surface area contributed by atoms with Crippen LogP contribution in [-0.2, 0) is 4.79 Å². The lowest BCUT2D eigenvalue weighted by Crippen LogP contribution is -2.13. The lowest BCUT2D eigenvalue weighted by Gasteiger charge is -1.98. The summed E-state index contributed by atoms with van der Waals surface area (Å²) in [6.07, 6.45) is 0. The van der Waals surface area contributed by atoms with Crippen LogP contribution in [0.25, 0.3) is 21.3 Å². The third-order valence-corrected chi connectivity index (χ3v) is 5.21. The van der Waals surface area contributed by atoms with E-state index in [4.69, 9.17) is 16.0 Å². The molecule has 0 spiro atoms. The number of carbonyl (C=O) groups is 1. The predicted octanol–water partition coefficient (Wildman–Crippen LogP) is 4.82. The first-order valence-corrected chi connectivity index (χ1v) is 9.20. The van der Waals surface area contributed by atoms with Crippen LogP contribution in [0.1, 0.15) is 0 Å². The van der Waals surface area contributed by atoms with E-state index in [1.54, 1.807) is 18.2 Å². The summed E-state index contributed by atoms with van der Waals surface area (Å²) < 4.78 is 6.61. The maximum Gasteiger partial charge on any atom is 0.257 e. The number of aromatic nitrogens is 2. The number of nitrogens with one attached hydrogen (secondary N) is 1. The van der Waals surface area contributed by atoms with Crippen molar-refractivity contribution in [2.75, 3.05) is 11.1 Å². The van der Waals surface area contributed by atoms with E-state index < -0.39 is 0 Å². The fourth-order valence-corrected chi connectivity index (χ4v) is 3.84. The number of hydrogen-bond donors (Lipinski definition) is 1. The number of halogens is 1. The number of fused-ring (bicyclic) bond motifs is 2. The Morgan fingerprint density at radius 1 is 1.21 bits per heavy atom. The Bertz CT molecular complexity index is 1010. The molecule has 0 radical (unpaired) electrons. The molecular formula is C16H10ClN3O2S2. The van der Waals surface area contributed by atoms with Gasteiger partial charge in [0.2, 0.25) is 5.91 Å². The highest BCUT2D eigenvalue weighted by Crippen LogP contribution is 2.27. The van der Waals surface area contributed by atoms with Gasteiger partial charge in [0, 0.05) is 5.02 Å². The average Bonchev–Trinajstić information content (AvgIpc) is 3.15. The van der Waals surface area contributed by atoms with Crippen LogP contribution in [0, 0.1) is 0 Å². The minimum atomic E-state index is -0.153. The third-order valence-electron chi connectivity index (χ3n) is 3.20. The molecule has 2 aromatic carbocycles. The molecule has 0 aliphatic heterocycles. The van der Waals surface area contributed by atoms with Crippen molar-refractivity contribution in [2.24, 2.45) is 0 Å². The zero-order valence-corrected chi connectivity index (χ0v) is 14.5. The second-order valence-corrected chi connectivity index (χ2v) is 7.31. The van der Waals surface area contributed by atoms with E-state index >= 15 is 0 Å². The van der Waals surface area contributed by atoms with Crippen LogP contribution in [0.2, 0.25) is 5.02 Å². The largest absolute Gasteiger partial charge is 0.431 e. The molecule has 2 aromatic heterocycles. The van der Waals surface area contributed by atoms with Crippen LogP contribution >= 0.6 is 34.7 Å². The lowest BCUT2D eigenvalue weighted by atomic mass is 10.3. The molecule has 0 saturated heterocycles. The number of carbonyl (C=O) groups excluding carboxylic acids is 1. The van der Waals surface area contributed by atoms with Crippen molar-refractivity contribution in [2.45, 2.75) is 5.22 Å². The molecule has 2 heterocycles. The number of nitrogens with zero attached hydrogens (tertiary/aromatic N) is 2. The summed E-state index contributed by atoms with van der Waals surface area (Å²) in [5, 5.41) is 4.43. The molecule has 0 aliphatic carbocycles. The lowest BCUT2D eigenvalue weighted by molar-refractivity contribution is -0.113. The van der Waals surface area contributed by atoms with Crippen molar-refractivity contribution in [1.29, 1.82) is 0 Å². The van der Waals surface area contributed by atoms with Crippen LogP contribution in [0.4, 0.5) is 5.13 Å². The van der Waals surface area contributed by atoms with Gasteiger partial charge in [-0.15, -0.1) is 0 Å². The molecule has 0 fully saturated rings. The highest BCUT2D eigenvalue weighted by molar-refractivity contribution is 7.99. The summed E-state index contributed by atoms with van der Waals surface area (Å²) in [5.41, 5.74) is 2.20. The Morgan fingerprint density at radius 2 is 2.08 bits per heavy atom. The first-order valence-electron chi connectivity index (χ1n) is 7.02. The minimum Gasteiger partial charge on any atom is -0.431 e. The summed E-state index contributed by atoms with van der Waals surface area (Å²) in [7, 11) is 0. The van der Waals surface area contributed by atoms with Gasteiger partial charge in [0.1, 0.15) is 5.52 Å². The van der Waals surface area contributed by atoms with E-state index in [9.17, 15) is 4.79 Å². The molecule has 0 aliphatic rings. The van der Waals surface area contributed by atoms with Crippen molar-refractivity contribution in [3.8, 4) is 0 Å². The quantitative estimate of drug-likeness (QED) is 0.518. The molecule has 0 unspecified atom stereocenters. The second kappa shape index (κ2) is 6.43. The zero-order valence-electron chi connectivity index (χ0n) is 12.2. The molecule has 8 heteroatoms. The number of thioether (sulfide) groups is 1. The number of oxazole rings is 1. The van der Waals surface area contributed by atoms with E-state index in [0.717, 1.165) is 10.2 Å². The summed E-state index contributed by atoms with van der Waals surface area (Å²) >= 11 is 8.60. The molecule has 24 heavy (non-hydrogen) atoms. The molecular weight excluding hydrogens is 366 g/mol. The van der Waals surface area contributed by atoms with Gasteiger partial charge in [0.25, 0.3) is 5.22 Å². The normalized spacial score (nSPS) is 11.2. The van der Waals surface area contributed by atoms with Crippen molar-refractivity contribution < 1.29 is 9.21 Å². The topological polar surface area (TPSA) is 68.0 Å². The maximum atomic E-state index is 12.1. The molecule has 1 amide bonds. The Kier molecular flexibility index (Phi) is 4.13. The fraction of sp³-hybridized carbons (Fsp3) is 0.0625. The van der Waals surface area contributed by atoms with E-state index in [1.807, 2.05) is 24.3 Å². The molecule has 0 saturated carbocycles. The van der Waals surface area contributed by atoms with Gasteiger partial charge in [-0.3, -0.25) is 4.79 Å². The maximum absolute atomic E-state index is 12.1. The van der Waals surface area contributed by atoms with Crippen molar-refractivity contribution in [1.82, 2.24) is 9.97 Å². The zero-order chi connectivity index (χ0) is 16.5. The standard InChI is InChI=1S/C16H10ClN3O2S2/c17-9-5-6-12-11(7-9)19-16(22-12)23-8-14(21)20-15-18-10-3-1-2-4-13(10)24-15/h1-7H,8H2,(H,18,20,21). The summed E-state index contributed by atoms with van der Waals surface area (Å²) in [5.74, 6) is 0.0376. The Balaban J connectivity index is 1.41. The van der Waals surface area contributed by atoms with Gasteiger partial charge in [0.15, 0.2) is 10.7 Å². The first kappa shape index (κ1) is 15.4. The molecule has 1 N–H and O–H groups in total. The van der Waals surface area contributed by atoms with Crippen molar-refractivity contribution >= 4 is 67.1 Å². The smallest absolute Gasteiger partial charge is 0.257 e. The number of rotatable bonds is 4. The van der Waals surface area contributed by atoms with Gasteiger partial charge in [0.05, 0.1) is 16.0 Å². The molecule has 4 rings (SSSR count). The first-order chi connectivity index (χ1) is 11.7. The van der Waals surface area contributed by atoms with Gasteiger partial charge in [-0.25, -0.2) is 9.97 Å². The highest BCUT2D eigenvalue weighted by Gasteiger charge is 2.11. The number of hydrogen-bond acceptors (Lipinski definition) is 6. The van der Waals surface area contributed by atoms with Gasteiger partial charge < -0.3 is 9.73 Å². The van der Waals surface area contributed by atoms with Crippen LogP contribution in [0.3, 0.4) is 0 Å². The van der Waals surface area contributed by atoms with Crippen LogP contribution in [0.15, 0.2) is 52.1 Å². The molecule has 5 nitrogen and oxygen atoms in total. The molecule has 4 aromatic rings. The van der Waals surface area contributed by atoms with Crippen molar-refractivity contribution in [3.05, 3.63) is 47.5 Å². The van der Waals surface area contributed by atoms with Crippen molar-refractivity contribution in [3.63, 3.8) is 0 Å². The average molecular weight is 376 g/mol. The monoisotopic (exact) mass is 375 g/mol. The Labute approximate surface area is 150 Å². The number of amides is 1. The highest BCUT2D eigenvalue weighted by atomic mass is 35.5. The second-order valence-electron chi connectivity index (χ2n) is 4.92. The van der Waals surface area contributed by atoms with E-state index in [0.29, 0.717) is 26.5 Å². The molecule has 0 bridgehead atoms. The van der Waals surface area contributed by atoms with E-state index in [-0.39, 0.29) is 11.7 Å². The number of benzene rings is 2. The SMILES string of the molecule is O=C(CSc1nc2cc(Cl)ccc2o1)Nc1nc2ccccc2s1. The summed E-state index contributed by atoms with van der Waals surface area (Å²) in [6.45, 7) is 0. The number of anilines is 1. The van der Waals surface area contributed by atoms with Gasteiger partial charge >= 0.3 is 0 Å². The van der Waals surface area contributed by atoms with Crippen LogP contribution < -0.4 is 5.32 Å². The van der Waals surface area contributed by atoms with Crippen LogP contribution in [-0.4, -0.2) is 21.6 Å². The van der Waals surface area contributed by atoms with E-state index in [2.05, 4.69) is 15.3 Å². The summed E-state index contributed by atoms with van der Waals surface area (Å²) in [6, 6.07) is 13.0. The van der Waals surface area contributed by atoms with E-state index in [1.165, 1.54) is 23.1 Å². The van der Waals surface area contributed by atoms with Gasteiger partial charge in [-0.1, -0.05) is 46.8 Å². The minimum absolute atomic E-state index is 0.153. The fourth-order valence-electron chi connectivity index (χ4n) is 2.15.